The minimum absolute atomic E-state index is 0.0912. The highest BCUT2D eigenvalue weighted by atomic mass is 16.5. The number of rotatable bonds is 4. The van der Waals surface area contributed by atoms with Crippen LogP contribution >= 0.6 is 0 Å². The van der Waals surface area contributed by atoms with Crippen LogP contribution in [0.25, 0.3) is 0 Å². The number of aliphatic imine (C=N–C) groups is 1. The molecule has 1 heterocycles. The van der Waals surface area contributed by atoms with Gasteiger partial charge in [0.1, 0.15) is 0 Å². The molecule has 1 rings (SSSR count). The standard InChI is InChI=1S/C9H10N2O3/c1-14-8-3-2-7(6-11-8)10-5-4-9(12)13/h2-3,5-6H,4H2,1H3,(H,12,13). The highest BCUT2D eigenvalue weighted by Gasteiger charge is 1.93. The molecule has 0 fully saturated rings. The van der Waals surface area contributed by atoms with E-state index in [0.29, 0.717) is 11.6 Å². The minimum Gasteiger partial charge on any atom is -0.481 e. The van der Waals surface area contributed by atoms with Gasteiger partial charge >= 0.3 is 5.97 Å². The zero-order valence-corrected chi connectivity index (χ0v) is 7.67. The first-order valence-corrected chi connectivity index (χ1v) is 3.96. The van der Waals surface area contributed by atoms with E-state index >= 15 is 0 Å². The number of nitrogens with zero attached hydrogens (tertiary/aromatic N) is 2. The maximum absolute atomic E-state index is 10.2. The Balaban J connectivity index is 2.59. The average molecular weight is 194 g/mol. The molecule has 1 aromatic rings. The molecule has 74 valence electrons. The summed E-state index contributed by atoms with van der Waals surface area (Å²) in [6, 6.07) is 3.36. The van der Waals surface area contributed by atoms with E-state index in [-0.39, 0.29) is 6.42 Å². The molecule has 0 aromatic carbocycles. The van der Waals surface area contributed by atoms with Crippen LogP contribution < -0.4 is 4.74 Å². The molecule has 0 bridgehead atoms. The summed E-state index contributed by atoms with van der Waals surface area (Å²) in [6.07, 6.45) is 2.75. The lowest BCUT2D eigenvalue weighted by Crippen LogP contribution is -1.93. The van der Waals surface area contributed by atoms with Crippen LogP contribution in [-0.4, -0.2) is 29.4 Å². The molecule has 0 amide bonds. The molecular weight excluding hydrogens is 184 g/mol. The monoisotopic (exact) mass is 194 g/mol. The Bertz CT molecular complexity index is 332. The largest absolute Gasteiger partial charge is 0.481 e. The van der Waals surface area contributed by atoms with Crippen LogP contribution in [0.4, 0.5) is 5.69 Å². The van der Waals surface area contributed by atoms with Gasteiger partial charge in [-0.15, -0.1) is 0 Å². The second-order valence-electron chi connectivity index (χ2n) is 2.47. The first-order valence-electron chi connectivity index (χ1n) is 3.96. The van der Waals surface area contributed by atoms with Crippen molar-refractivity contribution in [3.05, 3.63) is 18.3 Å². The molecule has 5 nitrogen and oxygen atoms in total. The lowest BCUT2D eigenvalue weighted by molar-refractivity contribution is -0.135. The summed E-state index contributed by atoms with van der Waals surface area (Å²) in [7, 11) is 1.52. The predicted octanol–water partition coefficient (Wildman–Crippen LogP) is 1.27. The van der Waals surface area contributed by atoms with Gasteiger partial charge in [-0.1, -0.05) is 0 Å². The number of carboxylic acid groups (broad SMARTS) is 1. The Morgan fingerprint density at radius 2 is 2.50 bits per heavy atom. The van der Waals surface area contributed by atoms with Gasteiger partial charge in [0.2, 0.25) is 5.88 Å². The molecule has 0 atom stereocenters. The van der Waals surface area contributed by atoms with Gasteiger partial charge in [0.15, 0.2) is 0 Å². The normalized spacial score (nSPS) is 10.4. The van der Waals surface area contributed by atoms with Crippen LogP contribution in [0.1, 0.15) is 6.42 Å². The van der Waals surface area contributed by atoms with Crippen molar-refractivity contribution in [1.29, 1.82) is 0 Å². The van der Waals surface area contributed by atoms with Gasteiger partial charge in [-0.25, -0.2) is 4.98 Å². The van der Waals surface area contributed by atoms with Crippen LogP contribution in [0.2, 0.25) is 0 Å². The van der Waals surface area contributed by atoms with E-state index in [9.17, 15) is 4.79 Å². The highest BCUT2D eigenvalue weighted by molar-refractivity contribution is 5.85. The van der Waals surface area contributed by atoms with E-state index < -0.39 is 5.97 Å². The van der Waals surface area contributed by atoms with E-state index in [2.05, 4.69) is 9.98 Å². The van der Waals surface area contributed by atoms with Crippen LogP contribution in [-0.2, 0) is 4.79 Å². The van der Waals surface area contributed by atoms with Crippen molar-refractivity contribution in [2.75, 3.05) is 7.11 Å². The van der Waals surface area contributed by atoms with Crippen molar-refractivity contribution >= 4 is 17.9 Å². The number of aliphatic carboxylic acids is 1. The maximum Gasteiger partial charge on any atom is 0.308 e. The molecule has 5 heteroatoms. The maximum atomic E-state index is 10.2. The first-order chi connectivity index (χ1) is 6.72. The summed E-state index contributed by atoms with van der Waals surface area (Å²) in [6.45, 7) is 0. The van der Waals surface area contributed by atoms with E-state index in [1.54, 1.807) is 12.1 Å². The van der Waals surface area contributed by atoms with Gasteiger partial charge in [-0.2, -0.15) is 0 Å². The van der Waals surface area contributed by atoms with E-state index in [1.807, 2.05) is 0 Å². The topological polar surface area (TPSA) is 71.8 Å². The van der Waals surface area contributed by atoms with Gasteiger partial charge in [0.05, 0.1) is 25.4 Å². The summed E-state index contributed by atoms with van der Waals surface area (Å²) < 4.78 is 4.85. The van der Waals surface area contributed by atoms with Crippen molar-refractivity contribution in [2.24, 2.45) is 4.99 Å². The van der Waals surface area contributed by atoms with E-state index in [0.717, 1.165) is 0 Å². The molecule has 1 aromatic heterocycles. The zero-order valence-electron chi connectivity index (χ0n) is 7.67. The molecule has 0 radical (unpaired) electrons. The number of ether oxygens (including phenoxy) is 1. The number of aromatic nitrogens is 1. The Morgan fingerprint density at radius 1 is 1.71 bits per heavy atom. The lowest BCUT2D eigenvalue weighted by atomic mass is 10.4. The van der Waals surface area contributed by atoms with E-state index in [1.165, 1.54) is 19.5 Å². The fourth-order valence-corrected chi connectivity index (χ4v) is 0.799. The Hall–Kier alpha value is -1.91. The Morgan fingerprint density at radius 3 is 3.00 bits per heavy atom. The van der Waals surface area contributed by atoms with Crippen LogP contribution in [0.5, 0.6) is 5.88 Å². The number of carbonyl (C=O) groups is 1. The number of methoxy groups -OCH3 is 1. The van der Waals surface area contributed by atoms with Crippen molar-refractivity contribution in [1.82, 2.24) is 4.98 Å². The van der Waals surface area contributed by atoms with Gasteiger partial charge in [-0.3, -0.25) is 9.79 Å². The number of carboxylic acids is 1. The molecule has 0 saturated carbocycles. The van der Waals surface area contributed by atoms with Crippen LogP contribution in [0.3, 0.4) is 0 Å². The zero-order chi connectivity index (χ0) is 10.4. The van der Waals surface area contributed by atoms with Gasteiger partial charge < -0.3 is 9.84 Å². The smallest absolute Gasteiger partial charge is 0.308 e. The molecule has 0 aliphatic carbocycles. The third-order valence-corrected chi connectivity index (χ3v) is 1.44. The lowest BCUT2D eigenvalue weighted by Gasteiger charge is -1.96. The predicted molar refractivity (Wildman–Crippen MR) is 51.2 cm³/mol. The summed E-state index contributed by atoms with van der Waals surface area (Å²) in [5.41, 5.74) is 0.604. The average Bonchev–Trinajstić information content (AvgIpc) is 2.18. The first kappa shape index (κ1) is 10.2. The molecule has 0 saturated heterocycles. The summed E-state index contributed by atoms with van der Waals surface area (Å²) in [4.78, 5) is 18.0. The van der Waals surface area contributed by atoms with Crippen LogP contribution in [0, 0.1) is 0 Å². The third kappa shape index (κ3) is 3.22. The third-order valence-electron chi connectivity index (χ3n) is 1.44. The van der Waals surface area contributed by atoms with Gasteiger partial charge in [-0.05, 0) is 6.07 Å². The fourth-order valence-electron chi connectivity index (χ4n) is 0.799. The Labute approximate surface area is 81.1 Å². The Kier molecular flexibility index (Phi) is 3.60. The second-order valence-corrected chi connectivity index (χ2v) is 2.47. The number of hydrogen-bond donors (Lipinski definition) is 1. The summed E-state index contributed by atoms with van der Waals surface area (Å²) in [5.74, 6) is -0.405. The molecule has 0 aliphatic rings. The van der Waals surface area contributed by atoms with Gasteiger partial charge in [0, 0.05) is 12.3 Å². The van der Waals surface area contributed by atoms with Gasteiger partial charge in [0.25, 0.3) is 0 Å². The number of pyridine rings is 1. The highest BCUT2D eigenvalue weighted by Crippen LogP contribution is 2.13. The summed E-state index contributed by atoms with van der Waals surface area (Å²) >= 11 is 0. The van der Waals surface area contributed by atoms with Crippen molar-refractivity contribution in [3.63, 3.8) is 0 Å². The van der Waals surface area contributed by atoms with Crippen LogP contribution in [0.15, 0.2) is 23.3 Å². The SMILES string of the molecule is COc1ccc(N=CCC(=O)O)cn1. The van der Waals surface area contributed by atoms with E-state index in [4.69, 9.17) is 9.84 Å². The number of hydrogen-bond acceptors (Lipinski definition) is 4. The van der Waals surface area contributed by atoms with Crippen molar-refractivity contribution in [2.45, 2.75) is 6.42 Å². The van der Waals surface area contributed by atoms with Crippen molar-refractivity contribution in [3.8, 4) is 5.88 Å². The molecule has 0 aliphatic heterocycles. The molecular formula is C9H10N2O3. The molecule has 0 unspecified atom stereocenters. The fraction of sp³-hybridized carbons (Fsp3) is 0.222. The second kappa shape index (κ2) is 4.96. The van der Waals surface area contributed by atoms with Crippen molar-refractivity contribution < 1.29 is 14.6 Å². The summed E-state index contributed by atoms with van der Waals surface area (Å²) in [5, 5.41) is 8.35. The molecule has 0 spiro atoms. The minimum atomic E-state index is -0.907. The molecule has 14 heavy (non-hydrogen) atoms. The molecule has 1 N–H and O–H groups in total. The quantitative estimate of drug-likeness (QED) is 0.732.